The maximum atomic E-state index is 4.50. The Morgan fingerprint density at radius 1 is 1.12 bits per heavy atom. The van der Waals surface area contributed by atoms with Gasteiger partial charge in [-0.1, -0.05) is 29.9 Å². The molecule has 2 aliphatic carbocycles. The lowest BCUT2D eigenvalue weighted by Crippen LogP contribution is -2.26. The average Bonchev–Trinajstić information content (AvgIpc) is 2.30. The van der Waals surface area contributed by atoms with E-state index < -0.39 is 0 Å². The van der Waals surface area contributed by atoms with E-state index >= 15 is 0 Å². The predicted molar refractivity (Wildman–Crippen MR) is 66.2 cm³/mol. The van der Waals surface area contributed by atoms with Crippen molar-refractivity contribution in [1.82, 2.24) is 4.98 Å². The molecule has 0 N–H and O–H groups in total. The van der Waals surface area contributed by atoms with Gasteiger partial charge in [0.05, 0.1) is 0 Å². The molecule has 2 unspecified atom stereocenters. The van der Waals surface area contributed by atoms with Gasteiger partial charge in [-0.15, -0.1) is 0 Å². The summed E-state index contributed by atoms with van der Waals surface area (Å²) in [4.78, 5) is 4.50. The summed E-state index contributed by atoms with van der Waals surface area (Å²) in [5, 5.41) is 0. The molecule has 1 heteroatoms. The van der Waals surface area contributed by atoms with Crippen LogP contribution in [0, 0.1) is 5.92 Å². The molecule has 2 aliphatic rings. The smallest absolute Gasteiger partial charge is 0.0440 e. The SMILES string of the molecule is C1=CCCC(C2CCC2c2ccccn2)=C1. The van der Waals surface area contributed by atoms with Crippen LogP contribution in [0.3, 0.4) is 0 Å². The first kappa shape index (κ1) is 9.83. The van der Waals surface area contributed by atoms with Gasteiger partial charge in [0.2, 0.25) is 0 Å². The normalized spacial score (nSPS) is 28.4. The molecule has 0 spiro atoms. The third kappa shape index (κ3) is 1.71. The van der Waals surface area contributed by atoms with Gasteiger partial charge in [0, 0.05) is 17.8 Å². The highest BCUT2D eigenvalue weighted by molar-refractivity contribution is 5.27. The van der Waals surface area contributed by atoms with Gasteiger partial charge in [0.1, 0.15) is 0 Å². The molecule has 82 valence electrons. The zero-order chi connectivity index (χ0) is 10.8. The van der Waals surface area contributed by atoms with Crippen LogP contribution >= 0.6 is 0 Å². The Morgan fingerprint density at radius 3 is 2.69 bits per heavy atom. The topological polar surface area (TPSA) is 12.9 Å². The Morgan fingerprint density at radius 2 is 2.06 bits per heavy atom. The van der Waals surface area contributed by atoms with E-state index in [1.165, 1.54) is 31.4 Å². The number of allylic oxidation sites excluding steroid dienone is 4. The summed E-state index contributed by atoms with van der Waals surface area (Å²) in [5.41, 5.74) is 2.93. The van der Waals surface area contributed by atoms with Gasteiger partial charge >= 0.3 is 0 Å². The highest BCUT2D eigenvalue weighted by Crippen LogP contribution is 2.47. The molecule has 1 saturated carbocycles. The Hall–Kier alpha value is -1.37. The van der Waals surface area contributed by atoms with Crippen molar-refractivity contribution in [3.05, 3.63) is 53.9 Å². The molecule has 2 atom stereocenters. The first-order chi connectivity index (χ1) is 7.95. The predicted octanol–water partition coefficient (Wildman–Crippen LogP) is 3.85. The van der Waals surface area contributed by atoms with E-state index in [1.54, 1.807) is 5.57 Å². The van der Waals surface area contributed by atoms with Crippen LogP contribution in [0.1, 0.15) is 37.3 Å². The van der Waals surface area contributed by atoms with Crippen LogP contribution < -0.4 is 0 Å². The molecule has 1 heterocycles. The number of nitrogens with zero attached hydrogens (tertiary/aromatic N) is 1. The van der Waals surface area contributed by atoms with Gasteiger partial charge < -0.3 is 0 Å². The van der Waals surface area contributed by atoms with E-state index in [0.29, 0.717) is 5.92 Å². The minimum absolute atomic E-state index is 0.680. The molecule has 3 rings (SSSR count). The number of hydrogen-bond donors (Lipinski definition) is 0. The number of pyridine rings is 1. The largest absolute Gasteiger partial charge is 0.261 e. The first-order valence-corrected chi connectivity index (χ1v) is 6.21. The molecular weight excluding hydrogens is 194 g/mol. The molecule has 0 radical (unpaired) electrons. The van der Waals surface area contributed by atoms with Crippen molar-refractivity contribution in [2.75, 3.05) is 0 Å². The average molecular weight is 211 g/mol. The highest BCUT2D eigenvalue weighted by Gasteiger charge is 2.35. The highest BCUT2D eigenvalue weighted by atomic mass is 14.7. The fourth-order valence-corrected chi connectivity index (χ4v) is 2.82. The van der Waals surface area contributed by atoms with Crippen molar-refractivity contribution in [1.29, 1.82) is 0 Å². The molecule has 16 heavy (non-hydrogen) atoms. The first-order valence-electron chi connectivity index (χ1n) is 6.21. The molecule has 0 amide bonds. The van der Waals surface area contributed by atoms with E-state index in [9.17, 15) is 0 Å². The van der Waals surface area contributed by atoms with Crippen LogP contribution in [-0.4, -0.2) is 4.98 Å². The number of hydrogen-bond acceptors (Lipinski definition) is 1. The second-order valence-corrected chi connectivity index (χ2v) is 4.75. The fraction of sp³-hybridized carbons (Fsp3) is 0.400. The standard InChI is InChI=1S/C15H17N/c1-2-6-12(7-3-1)13-9-10-14(13)15-8-4-5-11-16-15/h1-2,4-6,8,11,13-14H,3,7,9-10H2. The Balaban J connectivity index is 1.79. The van der Waals surface area contributed by atoms with E-state index in [2.05, 4.69) is 35.3 Å². The summed E-state index contributed by atoms with van der Waals surface area (Å²) in [6, 6.07) is 6.28. The van der Waals surface area contributed by atoms with Crippen LogP contribution in [0.15, 0.2) is 48.2 Å². The lowest BCUT2D eigenvalue weighted by molar-refractivity contribution is 0.287. The number of aromatic nitrogens is 1. The zero-order valence-electron chi connectivity index (χ0n) is 9.47. The van der Waals surface area contributed by atoms with Gasteiger partial charge in [-0.2, -0.15) is 0 Å². The van der Waals surface area contributed by atoms with Crippen molar-refractivity contribution < 1.29 is 0 Å². The lowest BCUT2D eigenvalue weighted by Gasteiger charge is -2.38. The van der Waals surface area contributed by atoms with Crippen molar-refractivity contribution in [3.63, 3.8) is 0 Å². The summed E-state index contributed by atoms with van der Waals surface area (Å²) in [5.74, 6) is 1.44. The van der Waals surface area contributed by atoms with Crippen LogP contribution in [0.5, 0.6) is 0 Å². The third-order valence-electron chi connectivity index (χ3n) is 3.86. The molecule has 1 nitrogen and oxygen atoms in total. The molecular formula is C15H17N. The molecule has 0 saturated heterocycles. The molecule has 1 aromatic rings. The maximum absolute atomic E-state index is 4.50. The third-order valence-corrected chi connectivity index (χ3v) is 3.86. The zero-order valence-corrected chi connectivity index (χ0v) is 9.47. The van der Waals surface area contributed by atoms with Crippen LogP contribution in [0.4, 0.5) is 0 Å². The number of rotatable bonds is 2. The van der Waals surface area contributed by atoms with Crippen molar-refractivity contribution in [3.8, 4) is 0 Å². The summed E-state index contributed by atoms with van der Waals surface area (Å²) < 4.78 is 0. The van der Waals surface area contributed by atoms with Crippen molar-refractivity contribution in [2.45, 2.75) is 31.6 Å². The summed E-state index contributed by atoms with van der Waals surface area (Å²) in [6.45, 7) is 0. The monoisotopic (exact) mass is 211 g/mol. The van der Waals surface area contributed by atoms with Gasteiger partial charge in [-0.25, -0.2) is 0 Å². The van der Waals surface area contributed by atoms with E-state index in [-0.39, 0.29) is 0 Å². The van der Waals surface area contributed by atoms with E-state index in [4.69, 9.17) is 0 Å². The van der Waals surface area contributed by atoms with Gasteiger partial charge in [0.15, 0.2) is 0 Å². The molecule has 1 aromatic heterocycles. The second kappa shape index (κ2) is 4.25. The van der Waals surface area contributed by atoms with Crippen LogP contribution in [-0.2, 0) is 0 Å². The Labute approximate surface area is 96.9 Å². The molecule has 0 aromatic carbocycles. The Bertz CT molecular complexity index is 416. The summed E-state index contributed by atoms with van der Waals surface area (Å²) in [7, 11) is 0. The van der Waals surface area contributed by atoms with Gasteiger partial charge in [-0.3, -0.25) is 4.98 Å². The lowest BCUT2D eigenvalue weighted by atomic mass is 9.66. The Kier molecular flexibility index (Phi) is 2.61. The summed E-state index contributed by atoms with van der Waals surface area (Å²) in [6.07, 6.45) is 13.8. The minimum Gasteiger partial charge on any atom is -0.261 e. The van der Waals surface area contributed by atoms with Crippen molar-refractivity contribution in [2.24, 2.45) is 5.92 Å². The second-order valence-electron chi connectivity index (χ2n) is 4.75. The van der Waals surface area contributed by atoms with Crippen molar-refractivity contribution >= 4 is 0 Å². The van der Waals surface area contributed by atoms with E-state index in [0.717, 1.165) is 5.92 Å². The van der Waals surface area contributed by atoms with Gasteiger partial charge in [0.25, 0.3) is 0 Å². The van der Waals surface area contributed by atoms with Crippen LogP contribution in [0.2, 0.25) is 0 Å². The summed E-state index contributed by atoms with van der Waals surface area (Å²) >= 11 is 0. The molecule has 1 fully saturated rings. The molecule has 0 bridgehead atoms. The van der Waals surface area contributed by atoms with Gasteiger partial charge in [-0.05, 0) is 43.7 Å². The quantitative estimate of drug-likeness (QED) is 0.724. The van der Waals surface area contributed by atoms with Crippen LogP contribution in [0.25, 0.3) is 0 Å². The van der Waals surface area contributed by atoms with E-state index in [1.807, 2.05) is 12.3 Å². The minimum atomic E-state index is 0.680. The molecule has 0 aliphatic heterocycles. The maximum Gasteiger partial charge on any atom is 0.0440 e. The fourth-order valence-electron chi connectivity index (χ4n) is 2.82.